The standard InChI is InChI=1S/C25H24N4O4/c30-24-14-20(16-29(24)21-10-11-22-23(15-21)33-13-12-32-22)28-25(31)27-19-8-6-18(7-9-19)26-17-4-2-1-3-5-17/h1-11,15,20,26H,12-14,16H2,(H2,27,28,31). The molecule has 3 N–H and O–H groups in total. The first kappa shape index (κ1) is 20.7. The molecule has 2 aliphatic heterocycles. The van der Waals surface area contributed by atoms with Crippen LogP contribution in [0, 0.1) is 0 Å². The van der Waals surface area contributed by atoms with Crippen LogP contribution in [-0.2, 0) is 4.79 Å². The van der Waals surface area contributed by atoms with Crippen molar-refractivity contribution in [1.82, 2.24) is 5.32 Å². The number of benzene rings is 3. The summed E-state index contributed by atoms with van der Waals surface area (Å²) in [6.07, 6.45) is 0.238. The summed E-state index contributed by atoms with van der Waals surface area (Å²) in [5.41, 5.74) is 3.31. The van der Waals surface area contributed by atoms with Crippen molar-refractivity contribution in [2.24, 2.45) is 0 Å². The summed E-state index contributed by atoms with van der Waals surface area (Å²) >= 11 is 0. The highest BCUT2D eigenvalue weighted by Crippen LogP contribution is 2.35. The second kappa shape index (κ2) is 9.12. The maximum Gasteiger partial charge on any atom is 0.319 e. The third-order valence-electron chi connectivity index (χ3n) is 5.50. The Hall–Kier alpha value is -4.20. The van der Waals surface area contributed by atoms with Gasteiger partial charge in [0.2, 0.25) is 5.91 Å². The van der Waals surface area contributed by atoms with Gasteiger partial charge < -0.3 is 30.3 Å². The van der Waals surface area contributed by atoms with Crippen LogP contribution in [0.1, 0.15) is 6.42 Å². The van der Waals surface area contributed by atoms with Gasteiger partial charge in [-0.25, -0.2) is 4.79 Å². The van der Waals surface area contributed by atoms with E-state index in [0.29, 0.717) is 36.9 Å². The first-order valence-corrected chi connectivity index (χ1v) is 10.8. The first-order valence-electron chi connectivity index (χ1n) is 10.8. The molecule has 1 atom stereocenters. The molecule has 3 aromatic carbocycles. The van der Waals surface area contributed by atoms with Crippen LogP contribution in [0.2, 0.25) is 0 Å². The fraction of sp³-hybridized carbons (Fsp3) is 0.200. The predicted molar refractivity (Wildman–Crippen MR) is 127 cm³/mol. The first-order chi connectivity index (χ1) is 16.1. The lowest BCUT2D eigenvalue weighted by atomic mass is 10.2. The molecule has 1 unspecified atom stereocenters. The molecule has 8 nitrogen and oxygen atoms in total. The van der Waals surface area contributed by atoms with Crippen molar-refractivity contribution in [3.63, 3.8) is 0 Å². The lowest BCUT2D eigenvalue weighted by Crippen LogP contribution is -2.39. The molecule has 0 aliphatic carbocycles. The summed E-state index contributed by atoms with van der Waals surface area (Å²) < 4.78 is 11.1. The second-order valence-corrected chi connectivity index (χ2v) is 7.90. The molecule has 0 bridgehead atoms. The topological polar surface area (TPSA) is 91.9 Å². The number of hydrogen-bond donors (Lipinski definition) is 3. The molecule has 3 amide bonds. The highest BCUT2D eigenvalue weighted by atomic mass is 16.6. The highest BCUT2D eigenvalue weighted by molar-refractivity contribution is 5.98. The number of hydrogen-bond acceptors (Lipinski definition) is 5. The molecule has 8 heteroatoms. The van der Waals surface area contributed by atoms with Gasteiger partial charge >= 0.3 is 6.03 Å². The Morgan fingerprint density at radius 3 is 2.33 bits per heavy atom. The van der Waals surface area contributed by atoms with Crippen molar-refractivity contribution in [2.45, 2.75) is 12.5 Å². The van der Waals surface area contributed by atoms with Gasteiger partial charge in [-0.15, -0.1) is 0 Å². The van der Waals surface area contributed by atoms with Crippen LogP contribution in [0.5, 0.6) is 11.5 Å². The molecule has 1 fully saturated rings. The van der Waals surface area contributed by atoms with E-state index in [2.05, 4.69) is 16.0 Å². The van der Waals surface area contributed by atoms with E-state index >= 15 is 0 Å². The van der Waals surface area contributed by atoms with E-state index in [0.717, 1.165) is 17.1 Å². The number of rotatable bonds is 5. The van der Waals surface area contributed by atoms with E-state index < -0.39 is 0 Å². The van der Waals surface area contributed by atoms with E-state index in [1.54, 1.807) is 17.0 Å². The van der Waals surface area contributed by atoms with E-state index in [1.807, 2.05) is 60.7 Å². The van der Waals surface area contributed by atoms with Crippen LogP contribution in [0.3, 0.4) is 0 Å². The van der Waals surface area contributed by atoms with Crippen LogP contribution in [0.25, 0.3) is 0 Å². The molecule has 3 aromatic rings. The molecule has 5 rings (SSSR count). The molecule has 0 radical (unpaired) electrons. The summed E-state index contributed by atoms with van der Waals surface area (Å²) in [7, 11) is 0. The van der Waals surface area contributed by atoms with Crippen LogP contribution >= 0.6 is 0 Å². The normalized spacial score (nSPS) is 16.9. The summed E-state index contributed by atoms with van der Waals surface area (Å²) in [5, 5.41) is 9.02. The predicted octanol–water partition coefficient (Wildman–Crippen LogP) is 4.13. The molecule has 0 saturated carbocycles. The van der Waals surface area contributed by atoms with Gasteiger partial charge in [0.15, 0.2) is 11.5 Å². The molecule has 33 heavy (non-hydrogen) atoms. The van der Waals surface area contributed by atoms with Crippen LogP contribution in [0.4, 0.5) is 27.5 Å². The van der Waals surface area contributed by atoms with Gasteiger partial charge in [-0.3, -0.25) is 4.79 Å². The Morgan fingerprint density at radius 2 is 1.55 bits per heavy atom. The third kappa shape index (κ3) is 4.85. The van der Waals surface area contributed by atoms with Gasteiger partial charge in [-0.2, -0.15) is 0 Å². The maximum atomic E-state index is 12.6. The number of carbonyl (C=O) groups excluding carboxylic acids is 2. The molecule has 2 aliphatic rings. The number of fused-ring (bicyclic) bond motifs is 1. The number of nitrogens with zero attached hydrogens (tertiary/aromatic N) is 1. The summed E-state index contributed by atoms with van der Waals surface area (Å²) in [4.78, 5) is 26.7. The fourth-order valence-corrected chi connectivity index (χ4v) is 3.93. The number of carbonyl (C=O) groups is 2. The smallest absolute Gasteiger partial charge is 0.319 e. The number of nitrogens with one attached hydrogen (secondary N) is 3. The number of ether oxygens (including phenoxy) is 2. The van der Waals surface area contributed by atoms with Crippen LogP contribution in [-0.4, -0.2) is 37.7 Å². The lowest BCUT2D eigenvalue weighted by Gasteiger charge is -2.22. The average Bonchev–Trinajstić information content (AvgIpc) is 3.20. The zero-order valence-electron chi connectivity index (χ0n) is 17.9. The molecule has 0 spiro atoms. The number of urea groups is 1. The minimum atomic E-state index is -0.347. The highest BCUT2D eigenvalue weighted by Gasteiger charge is 2.32. The molecular formula is C25H24N4O4. The van der Waals surface area contributed by atoms with Crippen molar-refractivity contribution in [1.29, 1.82) is 0 Å². The number of anilines is 4. The monoisotopic (exact) mass is 444 g/mol. The zero-order chi connectivity index (χ0) is 22.6. The Morgan fingerprint density at radius 1 is 0.848 bits per heavy atom. The molecule has 1 saturated heterocycles. The molecular weight excluding hydrogens is 420 g/mol. The Balaban J connectivity index is 1.16. The van der Waals surface area contributed by atoms with Gasteiger partial charge in [-0.05, 0) is 48.5 Å². The number of amides is 3. The van der Waals surface area contributed by atoms with E-state index in [9.17, 15) is 9.59 Å². The summed E-state index contributed by atoms with van der Waals surface area (Å²) in [6.45, 7) is 1.40. The van der Waals surface area contributed by atoms with Gasteiger partial charge in [0.05, 0.1) is 6.04 Å². The van der Waals surface area contributed by atoms with Crippen molar-refractivity contribution in [3.8, 4) is 11.5 Å². The van der Waals surface area contributed by atoms with E-state index in [4.69, 9.17) is 9.47 Å². The SMILES string of the molecule is O=C(Nc1ccc(Nc2ccccc2)cc1)NC1CC(=O)N(c2ccc3c(c2)OCCO3)C1. The Labute approximate surface area is 191 Å². The molecule has 0 aromatic heterocycles. The summed E-state index contributed by atoms with van der Waals surface area (Å²) in [6, 6.07) is 22.1. The molecule has 168 valence electrons. The Kier molecular flexibility index (Phi) is 5.72. The minimum absolute atomic E-state index is 0.0479. The largest absolute Gasteiger partial charge is 0.486 e. The van der Waals surface area contributed by atoms with Gasteiger partial charge in [-0.1, -0.05) is 18.2 Å². The van der Waals surface area contributed by atoms with Gasteiger partial charge in [0.1, 0.15) is 13.2 Å². The van der Waals surface area contributed by atoms with Gasteiger partial charge in [0, 0.05) is 41.8 Å². The lowest BCUT2D eigenvalue weighted by molar-refractivity contribution is -0.117. The Bertz CT molecular complexity index is 1150. The quantitative estimate of drug-likeness (QED) is 0.550. The molecule has 2 heterocycles. The van der Waals surface area contributed by atoms with E-state index in [1.165, 1.54) is 0 Å². The van der Waals surface area contributed by atoms with Crippen LogP contribution in [0.15, 0.2) is 72.8 Å². The van der Waals surface area contributed by atoms with Crippen molar-refractivity contribution in [3.05, 3.63) is 72.8 Å². The zero-order valence-corrected chi connectivity index (χ0v) is 17.9. The van der Waals surface area contributed by atoms with E-state index in [-0.39, 0.29) is 24.4 Å². The van der Waals surface area contributed by atoms with Crippen LogP contribution < -0.4 is 30.3 Å². The van der Waals surface area contributed by atoms with Crippen molar-refractivity contribution in [2.75, 3.05) is 35.3 Å². The number of para-hydroxylation sites is 1. The second-order valence-electron chi connectivity index (χ2n) is 7.90. The fourth-order valence-electron chi connectivity index (χ4n) is 3.93. The van der Waals surface area contributed by atoms with Crippen molar-refractivity contribution >= 4 is 34.7 Å². The average molecular weight is 444 g/mol. The van der Waals surface area contributed by atoms with Crippen molar-refractivity contribution < 1.29 is 19.1 Å². The minimum Gasteiger partial charge on any atom is -0.486 e. The maximum absolute atomic E-state index is 12.6. The van der Waals surface area contributed by atoms with Gasteiger partial charge in [0.25, 0.3) is 0 Å². The third-order valence-corrected chi connectivity index (χ3v) is 5.50. The summed E-state index contributed by atoms with van der Waals surface area (Å²) in [5.74, 6) is 1.26.